The van der Waals surface area contributed by atoms with Crippen LogP contribution in [0.5, 0.6) is 0 Å². The predicted molar refractivity (Wildman–Crippen MR) is 83.6 cm³/mol. The molecule has 0 saturated heterocycles. The molecule has 1 aliphatic rings. The normalized spacial score (nSPS) is 16.1. The summed E-state index contributed by atoms with van der Waals surface area (Å²) in [4.78, 5) is 0. The largest absolute Gasteiger partial charge is 0.396 e. The van der Waals surface area contributed by atoms with Gasteiger partial charge in [0, 0.05) is 36.0 Å². The minimum atomic E-state index is 0.248. The van der Waals surface area contributed by atoms with Crippen LogP contribution in [0.1, 0.15) is 24.8 Å². The maximum absolute atomic E-state index is 9.12. The third-order valence-electron chi connectivity index (χ3n) is 3.93. The fourth-order valence-electron chi connectivity index (χ4n) is 2.58. The molecule has 0 aliphatic heterocycles. The quantitative estimate of drug-likeness (QED) is 0.827. The smallest absolute Gasteiger partial charge is 0.0646 e. The molecular formula is C16H20ClN3O. The number of nitrogens with zero attached hydrogens (tertiary/aromatic N) is 2. The molecule has 4 nitrogen and oxygen atoms in total. The number of nitrogens with one attached hydrogen (secondary N) is 1. The number of rotatable bonds is 7. The van der Waals surface area contributed by atoms with Gasteiger partial charge in [-0.25, -0.2) is 4.68 Å². The summed E-state index contributed by atoms with van der Waals surface area (Å²) in [5, 5.41) is 17.8. The maximum Gasteiger partial charge on any atom is 0.0646 e. The molecule has 1 atom stereocenters. The van der Waals surface area contributed by atoms with E-state index in [1.807, 2.05) is 41.3 Å². The summed E-state index contributed by atoms with van der Waals surface area (Å²) < 4.78 is 1.85. The van der Waals surface area contributed by atoms with E-state index in [9.17, 15) is 0 Å². The summed E-state index contributed by atoms with van der Waals surface area (Å²) in [6.45, 7) is 1.03. The number of halogens is 1. The van der Waals surface area contributed by atoms with Crippen molar-refractivity contribution in [2.45, 2.75) is 31.8 Å². The second kappa shape index (κ2) is 6.60. The van der Waals surface area contributed by atoms with E-state index in [0.29, 0.717) is 6.04 Å². The molecule has 0 amide bonds. The molecule has 2 aromatic rings. The molecule has 2 N–H and O–H groups in total. The first kappa shape index (κ1) is 14.6. The van der Waals surface area contributed by atoms with Gasteiger partial charge >= 0.3 is 0 Å². The third kappa shape index (κ3) is 3.84. The average Bonchev–Trinajstić information content (AvgIpc) is 3.23. The fourth-order valence-corrected chi connectivity index (χ4v) is 2.70. The number of aliphatic hydroxyl groups is 1. The molecule has 1 fully saturated rings. The molecule has 1 aliphatic carbocycles. The van der Waals surface area contributed by atoms with Crippen molar-refractivity contribution in [1.29, 1.82) is 0 Å². The summed E-state index contributed by atoms with van der Waals surface area (Å²) in [5.74, 6) is 0.739. The van der Waals surface area contributed by atoms with Gasteiger partial charge in [0.2, 0.25) is 0 Å². The van der Waals surface area contributed by atoms with Gasteiger partial charge in [0.1, 0.15) is 0 Å². The lowest BCUT2D eigenvalue weighted by atomic mass is 10.1. The van der Waals surface area contributed by atoms with Crippen molar-refractivity contribution in [3.8, 4) is 5.69 Å². The summed E-state index contributed by atoms with van der Waals surface area (Å²) in [7, 11) is 0. The molecule has 1 unspecified atom stereocenters. The minimum absolute atomic E-state index is 0.248. The highest BCUT2D eigenvalue weighted by Gasteiger charge is 2.30. The van der Waals surface area contributed by atoms with Crippen molar-refractivity contribution in [2.75, 3.05) is 6.61 Å². The lowest BCUT2D eigenvalue weighted by Gasteiger charge is -2.16. The molecule has 0 spiro atoms. The summed E-state index contributed by atoms with van der Waals surface area (Å²) in [6, 6.07) is 8.05. The first-order valence-corrected chi connectivity index (χ1v) is 7.78. The first-order valence-electron chi connectivity index (χ1n) is 7.40. The number of benzene rings is 1. The molecule has 1 saturated carbocycles. The molecule has 0 radical (unpaired) electrons. The van der Waals surface area contributed by atoms with Gasteiger partial charge in [-0.1, -0.05) is 11.6 Å². The minimum Gasteiger partial charge on any atom is -0.396 e. The van der Waals surface area contributed by atoms with Gasteiger partial charge in [-0.15, -0.1) is 0 Å². The maximum atomic E-state index is 9.12. The zero-order valence-corrected chi connectivity index (χ0v) is 12.6. The second-order valence-corrected chi connectivity index (χ2v) is 6.04. The molecule has 3 rings (SSSR count). The van der Waals surface area contributed by atoms with E-state index in [2.05, 4.69) is 10.4 Å². The second-order valence-electron chi connectivity index (χ2n) is 5.61. The zero-order chi connectivity index (χ0) is 14.7. The molecule has 0 bridgehead atoms. The van der Waals surface area contributed by atoms with Crippen LogP contribution >= 0.6 is 11.6 Å². The lowest BCUT2D eigenvalue weighted by Crippen LogP contribution is -2.31. The summed E-state index contributed by atoms with van der Waals surface area (Å²) in [6.07, 6.45) is 7.29. The highest BCUT2D eigenvalue weighted by molar-refractivity contribution is 6.30. The molecule has 5 heteroatoms. The SMILES string of the molecule is OCCC(NCc1cnn(-c2ccc(Cl)cc2)c1)C1CC1. The van der Waals surface area contributed by atoms with Crippen molar-refractivity contribution < 1.29 is 5.11 Å². The van der Waals surface area contributed by atoms with Crippen LogP contribution in [0, 0.1) is 5.92 Å². The Bertz CT molecular complexity index is 577. The van der Waals surface area contributed by atoms with Crippen molar-refractivity contribution in [1.82, 2.24) is 15.1 Å². The number of hydrogen-bond acceptors (Lipinski definition) is 3. The molecule has 21 heavy (non-hydrogen) atoms. The van der Waals surface area contributed by atoms with Gasteiger partial charge in [0.05, 0.1) is 11.9 Å². The third-order valence-corrected chi connectivity index (χ3v) is 4.18. The van der Waals surface area contributed by atoms with Gasteiger partial charge in [-0.3, -0.25) is 0 Å². The van der Waals surface area contributed by atoms with Crippen molar-refractivity contribution in [2.24, 2.45) is 5.92 Å². The molecular weight excluding hydrogens is 286 g/mol. The molecule has 1 heterocycles. The Hall–Kier alpha value is -1.36. The van der Waals surface area contributed by atoms with E-state index >= 15 is 0 Å². The standard InChI is InChI=1S/C16H20ClN3O/c17-14-3-5-15(6-4-14)20-11-12(10-19-20)9-18-16(7-8-21)13-1-2-13/h3-6,10-11,13,16,18,21H,1-2,7-9H2. The van der Waals surface area contributed by atoms with Crippen molar-refractivity contribution in [3.63, 3.8) is 0 Å². The predicted octanol–water partition coefficient (Wildman–Crippen LogP) is 2.78. The van der Waals surface area contributed by atoms with E-state index in [-0.39, 0.29) is 6.61 Å². The number of aliphatic hydroxyl groups excluding tert-OH is 1. The van der Waals surface area contributed by atoms with E-state index in [1.54, 1.807) is 0 Å². The van der Waals surface area contributed by atoms with Crippen LogP contribution in [0.25, 0.3) is 5.69 Å². The van der Waals surface area contributed by atoms with E-state index in [4.69, 9.17) is 16.7 Å². The Kier molecular flexibility index (Phi) is 4.58. The monoisotopic (exact) mass is 305 g/mol. The van der Waals surface area contributed by atoms with Gasteiger partial charge in [0.15, 0.2) is 0 Å². The zero-order valence-electron chi connectivity index (χ0n) is 11.9. The summed E-state index contributed by atoms with van der Waals surface area (Å²) in [5.41, 5.74) is 2.15. The highest BCUT2D eigenvalue weighted by atomic mass is 35.5. The highest BCUT2D eigenvalue weighted by Crippen LogP contribution is 2.34. The number of aromatic nitrogens is 2. The van der Waals surface area contributed by atoms with Crippen LogP contribution in [-0.4, -0.2) is 27.5 Å². The lowest BCUT2D eigenvalue weighted by molar-refractivity contribution is 0.256. The first-order chi connectivity index (χ1) is 10.3. The van der Waals surface area contributed by atoms with Crippen LogP contribution < -0.4 is 5.32 Å². The van der Waals surface area contributed by atoms with Crippen LogP contribution in [0.2, 0.25) is 5.02 Å². The van der Waals surface area contributed by atoms with Crippen LogP contribution in [0.15, 0.2) is 36.7 Å². The Morgan fingerprint density at radius 3 is 2.76 bits per heavy atom. The van der Waals surface area contributed by atoms with E-state index in [1.165, 1.54) is 12.8 Å². The molecule has 1 aromatic heterocycles. The number of hydrogen-bond donors (Lipinski definition) is 2. The van der Waals surface area contributed by atoms with Gasteiger partial charge in [0.25, 0.3) is 0 Å². The van der Waals surface area contributed by atoms with Gasteiger partial charge in [-0.2, -0.15) is 5.10 Å². The fraction of sp³-hybridized carbons (Fsp3) is 0.438. The Morgan fingerprint density at radius 2 is 2.10 bits per heavy atom. The topological polar surface area (TPSA) is 50.1 Å². The Balaban J connectivity index is 1.60. The van der Waals surface area contributed by atoms with E-state index in [0.717, 1.165) is 35.2 Å². The summed E-state index contributed by atoms with van der Waals surface area (Å²) >= 11 is 5.89. The van der Waals surface area contributed by atoms with Crippen LogP contribution in [-0.2, 0) is 6.54 Å². The van der Waals surface area contributed by atoms with Gasteiger partial charge < -0.3 is 10.4 Å². The van der Waals surface area contributed by atoms with Crippen molar-refractivity contribution in [3.05, 3.63) is 47.2 Å². The molecule has 112 valence electrons. The van der Waals surface area contributed by atoms with Crippen LogP contribution in [0.3, 0.4) is 0 Å². The van der Waals surface area contributed by atoms with Crippen molar-refractivity contribution >= 4 is 11.6 Å². The average molecular weight is 306 g/mol. The molecule has 1 aromatic carbocycles. The Labute approximate surface area is 129 Å². The van der Waals surface area contributed by atoms with Gasteiger partial charge in [-0.05, 0) is 49.4 Å². The van der Waals surface area contributed by atoms with E-state index < -0.39 is 0 Å². The Morgan fingerprint density at radius 1 is 1.33 bits per heavy atom. The van der Waals surface area contributed by atoms with Crippen LogP contribution in [0.4, 0.5) is 0 Å².